The van der Waals surface area contributed by atoms with Crippen molar-refractivity contribution in [2.24, 2.45) is 0 Å². The van der Waals surface area contributed by atoms with Crippen molar-refractivity contribution in [3.05, 3.63) is 7.43 Å². The molecular weight excluding hydrogens is 283 g/mol. The molecule has 0 spiro atoms. The average molecular weight is 323 g/mol. The maximum absolute atomic E-state index is 10.3. The van der Waals surface area contributed by atoms with Gasteiger partial charge in [-0.25, -0.2) is 0 Å². The maximum Gasteiger partial charge on any atom is 1.00 e. The van der Waals surface area contributed by atoms with Crippen LogP contribution < -0.4 is 29.6 Å². The van der Waals surface area contributed by atoms with Crippen LogP contribution in [0, 0.1) is 7.43 Å². The second kappa shape index (κ2) is 23.7. The van der Waals surface area contributed by atoms with E-state index in [9.17, 15) is 4.79 Å². The van der Waals surface area contributed by atoms with E-state index in [-0.39, 0.29) is 37.0 Å². The molecule has 0 fully saturated rings. The van der Waals surface area contributed by atoms with Gasteiger partial charge in [-0.2, -0.15) is 0 Å². The fraction of sp³-hybridized carbons (Fsp3) is 0.895. The molecule has 1 N–H and O–H groups in total. The van der Waals surface area contributed by atoms with Gasteiger partial charge in [0.2, 0.25) is 0 Å². The Morgan fingerprint density at radius 1 is 0.636 bits per heavy atom. The van der Waals surface area contributed by atoms with E-state index in [2.05, 4.69) is 6.92 Å². The van der Waals surface area contributed by atoms with E-state index in [1.54, 1.807) is 0 Å². The molecule has 0 aromatic heterocycles. The molecule has 0 atom stereocenters. The van der Waals surface area contributed by atoms with Crippen LogP contribution in [0.4, 0.5) is 0 Å². The van der Waals surface area contributed by atoms with Crippen molar-refractivity contribution in [2.45, 2.75) is 110 Å². The predicted molar refractivity (Wildman–Crippen MR) is 93.6 cm³/mol. The number of carboxylic acids is 1. The smallest absolute Gasteiger partial charge is 0.481 e. The summed E-state index contributed by atoms with van der Waals surface area (Å²) >= 11 is 0. The molecule has 0 aromatic carbocycles. The van der Waals surface area contributed by atoms with Gasteiger partial charge >= 0.3 is 35.5 Å². The third-order valence-electron chi connectivity index (χ3n) is 3.99. The Morgan fingerprint density at radius 3 is 1.18 bits per heavy atom. The SMILES string of the molecule is CCCCCCCCCCCCCCCCCC(=O)O.[CH3-].[Na+]. The van der Waals surface area contributed by atoms with Crippen molar-refractivity contribution >= 4 is 5.97 Å². The summed E-state index contributed by atoms with van der Waals surface area (Å²) in [6.07, 6.45) is 20.2. The van der Waals surface area contributed by atoms with E-state index in [1.165, 1.54) is 83.5 Å². The third-order valence-corrected chi connectivity index (χ3v) is 3.99. The van der Waals surface area contributed by atoms with Crippen LogP contribution in [0.5, 0.6) is 0 Å². The first-order valence-electron chi connectivity index (χ1n) is 8.99. The maximum atomic E-state index is 10.3. The molecule has 0 rings (SSSR count). The van der Waals surface area contributed by atoms with E-state index >= 15 is 0 Å². The summed E-state index contributed by atoms with van der Waals surface area (Å²) < 4.78 is 0. The van der Waals surface area contributed by atoms with Crippen LogP contribution in [0.15, 0.2) is 0 Å². The fourth-order valence-corrected chi connectivity index (χ4v) is 2.65. The standard InChI is InChI=1S/C18H36O2.CH3.Na/c1-2-3-4-5-6-7-8-9-10-11-12-13-14-15-16-17-18(19)20;;/h2-17H2,1H3,(H,19,20);1H3;/q;-1;+1. The van der Waals surface area contributed by atoms with Crippen LogP contribution in [0.3, 0.4) is 0 Å². The normalized spacial score (nSPS) is 9.86. The zero-order valence-corrected chi connectivity index (χ0v) is 17.7. The molecule has 0 bridgehead atoms. The third kappa shape index (κ3) is 25.4. The molecule has 0 heterocycles. The van der Waals surface area contributed by atoms with Crippen molar-refractivity contribution in [3.63, 3.8) is 0 Å². The zero-order chi connectivity index (χ0) is 14.9. The Morgan fingerprint density at radius 2 is 0.909 bits per heavy atom. The van der Waals surface area contributed by atoms with Crippen LogP contribution >= 0.6 is 0 Å². The topological polar surface area (TPSA) is 37.3 Å². The summed E-state index contributed by atoms with van der Waals surface area (Å²) in [5.41, 5.74) is 0. The number of unbranched alkanes of at least 4 members (excludes halogenated alkanes) is 14. The molecule has 0 saturated heterocycles. The number of hydrogen-bond acceptors (Lipinski definition) is 1. The summed E-state index contributed by atoms with van der Waals surface area (Å²) in [6.45, 7) is 2.27. The quantitative estimate of drug-likeness (QED) is 0.267. The summed E-state index contributed by atoms with van der Waals surface area (Å²) in [4.78, 5) is 10.3. The molecule has 2 nitrogen and oxygen atoms in total. The molecule has 0 saturated carbocycles. The van der Waals surface area contributed by atoms with Crippen molar-refractivity contribution in [1.82, 2.24) is 0 Å². The van der Waals surface area contributed by atoms with Crippen LogP contribution in [-0.2, 0) is 4.79 Å². The second-order valence-electron chi connectivity index (χ2n) is 6.09. The molecule has 0 radical (unpaired) electrons. The van der Waals surface area contributed by atoms with Crippen LogP contribution in [-0.4, -0.2) is 11.1 Å². The summed E-state index contributed by atoms with van der Waals surface area (Å²) in [7, 11) is 0. The molecule has 22 heavy (non-hydrogen) atoms. The Labute approximate surface area is 162 Å². The van der Waals surface area contributed by atoms with Gasteiger partial charge in [-0.1, -0.05) is 96.8 Å². The number of rotatable bonds is 16. The van der Waals surface area contributed by atoms with Gasteiger partial charge in [0, 0.05) is 6.42 Å². The molecular formula is C19H39NaO2. The van der Waals surface area contributed by atoms with Gasteiger partial charge in [0.15, 0.2) is 0 Å². The van der Waals surface area contributed by atoms with Gasteiger partial charge in [-0.3, -0.25) is 4.79 Å². The van der Waals surface area contributed by atoms with Crippen molar-refractivity contribution in [1.29, 1.82) is 0 Å². The zero-order valence-electron chi connectivity index (χ0n) is 15.7. The van der Waals surface area contributed by atoms with Crippen molar-refractivity contribution < 1.29 is 39.5 Å². The van der Waals surface area contributed by atoms with Crippen molar-refractivity contribution in [2.75, 3.05) is 0 Å². The van der Waals surface area contributed by atoms with Gasteiger partial charge in [0.25, 0.3) is 0 Å². The van der Waals surface area contributed by atoms with Gasteiger partial charge in [-0.05, 0) is 6.42 Å². The van der Waals surface area contributed by atoms with Gasteiger partial charge < -0.3 is 12.5 Å². The van der Waals surface area contributed by atoms with E-state index in [1.807, 2.05) is 0 Å². The minimum Gasteiger partial charge on any atom is -0.481 e. The van der Waals surface area contributed by atoms with Crippen LogP contribution in [0.2, 0.25) is 0 Å². The Hall–Kier alpha value is 0.470. The van der Waals surface area contributed by atoms with Gasteiger partial charge in [-0.15, -0.1) is 0 Å². The van der Waals surface area contributed by atoms with E-state index in [0.717, 1.165) is 12.8 Å². The Balaban J connectivity index is -0.00000180. The van der Waals surface area contributed by atoms with E-state index in [0.29, 0.717) is 6.42 Å². The number of carbonyl (C=O) groups is 1. The summed E-state index contributed by atoms with van der Waals surface area (Å²) in [6, 6.07) is 0. The molecule has 0 unspecified atom stereocenters. The number of aliphatic carboxylic acids is 1. The van der Waals surface area contributed by atoms with Gasteiger partial charge in [0.1, 0.15) is 0 Å². The predicted octanol–water partition coefficient (Wildman–Crippen LogP) is 3.79. The average Bonchev–Trinajstić information content (AvgIpc) is 2.43. The Bertz CT molecular complexity index is 208. The molecule has 0 aromatic rings. The molecule has 3 heteroatoms. The van der Waals surface area contributed by atoms with Crippen LogP contribution in [0.1, 0.15) is 110 Å². The number of carboxylic acid groups (broad SMARTS) is 1. The van der Waals surface area contributed by atoms with E-state index < -0.39 is 5.97 Å². The van der Waals surface area contributed by atoms with Gasteiger partial charge in [0.05, 0.1) is 0 Å². The number of hydrogen-bond donors (Lipinski definition) is 1. The molecule has 0 aliphatic heterocycles. The second-order valence-corrected chi connectivity index (χ2v) is 6.09. The van der Waals surface area contributed by atoms with Crippen LogP contribution in [0.25, 0.3) is 0 Å². The first-order chi connectivity index (χ1) is 9.77. The largest absolute Gasteiger partial charge is 1.00 e. The first-order valence-corrected chi connectivity index (χ1v) is 8.99. The first kappa shape index (κ1) is 27.3. The molecule has 0 aliphatic rings. The fourth-order valence-electron chi connectivity index (χ4n) is 2.65. The summed E-state index contributed by atoms with van der Waals surface area (Å²) in [5, 5.41) is 8.52. The molecule has 0 amide bonds. The molecule has 0 aliphatic carbocycles. The minimum absolute atomic E-state index is 0. The summed E-state index contributed by atoms with van der Waals surface area (Å²) in [5.74, 6) is -0.653. The Kier molecular flexibility index (Phi) is 29.5. The minimum atomic E-state index is -0.653. The monoisotopic (exact) mass is 322 g/mol. The molecule has 128 valence electrons. The van der Waals surface area contributed by atoms with Crippen molar-refractivity contribution in [3.8, 4) is 0 Å². The van der Waals surface area contributed by atoms with E-state index in [4.69, 9.17) is 5.11 Å².